The number of halogens is 1. The minimum atomic E-state index is -0.808. The molecule has 96 valence electrons. The predicted octanol–water partition coefficient (Wildman–Crippen LogP) is 2.54. The maximum absolute atomic E-state index is 9.66. The second-order valence-electron chi connectivity index (χ2n) is 4.35. The fourth-order valence-electron chi connectivity index (χ4n) is 1.31. The Balaban J connectivity index is 2.96. The van der Waals surface area contributed by atoms with E-state index in [9.17, 15) is 5.11 Å². The molecule has 1 aromatic rings. The standard InChI is InChI=1S/C12H18ClNO3/c1-12(2,15)7-14-9-6-10(16-3)8(13)5-11(9)17-4/h5-6,14-15H,7H2,1-4H3. The van der Waals surface area contributed by atoms with E-state index in [0.717, 1.165) is 5.69 Å². The van der Waals surface area contributed by atoms with Gasteiger partial charge in [-0.3, -0.25) is 0 Å². The smallest absolute Gasteiger partial charge is 0.143 e. The van der Waals surface area contributed by atoms with E-state index in [2.05, 4.69) is 5.32 Å². The lowest BCUT2D eigenvalue weighted by molar-refractivity contribution is 0.0944. The highest BCUT2D eigenvalue weighted by atomic mass is 35.5. The predicted molar refractivity (Wildman–Crippen MR) is 69.3 cm³/mol. The second-order valence-corrected chi connectivity index (χ2v) is 4.76. The number of hydrogen-bond donors (Lipinski definition) is 2. The van der Waals surface area contributed by atoms with E-state index in [1.165, 1.54) is 0 Å². The summed E-state index contributed by atoms with van der Waals surface area (Å²) in [5, 5.41) is 13.2. The summed E-state index contributed by atoms with van der Waals surface area (Å²) in [7, 11) is 3.11. The Morgan fingerprint density at radius 1 is 1.24 bits per heavy atom. The Labute approximate surface area is 106 Å². The summed E-state index contributed by atoms with van der Waals surface area (Å²) in [6, 6.07) is 3.42. The van der Waals surface area contributed by atoms with Gasteiger partial charge in [0.05, 0.1) is 30.5 Å². The van der Waals surface area contributed by atoms with Gasteiger partial charge in [0, 0.05) is 18.7 Å². The molecular formula is C12H18ClNO3. The van der Waals surface area contributed by atoms with Crippen molar-refractivity contribution in [2.75, 3.05) is 26.1 Å². The molecule has 0 amide bonds. The van der Waals surface area contributed by atoms with Crippen LogP contribution in [0.3, 0.4) is 0 Å². The van der Waals surface area contributed by atoms with Crippen LogP contribution < -0.4 is 14.8 Å². The van der Waals surface area contributed by atoms with E-state index in [-0.39, 0.29) is 0 Å². The topological polar surface area (TPSA) is 50.7 Å². The fourth-order valence-corrected chi connectivity index (χ4v) is 1.54. The summed E-state index contributed by atoms with van der Waals surface area (Å²) >= 11 is 5.99. The van der Waals surface area contributed by atoms with Gasteiger partial charge < -0.3 is 19.9 Å². The molecule has 1 rings (SSSR count). The van der Waals surface area contributed by atoms with Crippen molar-refractivity contribution in [3.8, 4) is 11.5 Å². The van der Waals surface area contributed by atoms with Gasteiger partial charge in [-0.25, -0.2) is 0 Å². The SMILES string of the molecule is COc1cc(NCC(C)(C)O)c(OC)cc1Cl. The van der Waals surface area contributed by atoms with Crippen LogP contribution in [0.2, 0.25) is 5.02 Å². The molecule has 0 saturated heterocycles. The molecular weight excluding hydrogens is 242 g/mol. The van der Waals surface area contributed by atoms with Gasteiger partial charge in [0.2, 0.25) is 0 Å². The molecule has 2 N–H and O–H groups in total. The van der Waals surface area contributed by atoms with Crippen molar-refractivity contribution in [3.63, 3.8) is 0 Å². The van der Waals surface area contributed by atoms with Crippen LogP contribution >= 0.6 is 11.6 Å². The average molecular weight is 260 g/mol. The molecule has 17 heavy (non-hydrogen) atoms. The van der Waals surface area contributed by atoms with Gasteiger partial charge in [0.25, 0.3) is 0 Å². The van der Waals surface area contributed by atoms with Crippen LogP contribution in [0.1, 0.15) is 13.8 Å². The van der Waals surface area contributed by atoms with E-state index in [1.54, 1.807) is 40.2 Å². The summed E-state index contributed by atoms with van der Waals surface area (Å²) < 4.78 is 10.3. The maximum atomic E-state index is 9.66. The Morgan fingerprint density at radius 2 is 1.82 bits per heavy atom. The number of rotatable bonds is 5. The van der Waals surface area contributed by atoms with Gasteiger partial charge in [-0.15, -0.1) is 0 Å². The summed E-state index contributed by atoms with van der Waals surface area (Å²) in [6.45, 7) is 3.84. The lowest BCUT2D eigenvalue weighted by Gasteiger charge is -2.20. The number of methoxy groups -OCH3 is 2. The van der Waals surface area contributed by atoms with Crippen LogP contribution in [-0.2, 0) is 0 Å². The van der Waals surface area contributed by atoms with Gasteiger partial charge in [0.15, 0.2) is 0 Å². The molecule has 0 aromatic heterocycles. The third-order valence-electron chi connectivity index (χ3n) is 2.19. The Kier molecular flexibility index (Phi) is 4.48. The first-order valence-corrected chi connectivity index (χ1v) is 5.63. The minimum Gasteiger partial charge on any atom is -0.495 e. The van der Waals surface area contributed by atoms with Crippen LogP contribution in [0.4, 0.5) is 5.69 Å². The van der Waals surface area contributed by atoms with Crippen molar-refractivity contribution in [1.29, 1.82) is 0 Å². The Hall–Kier alpha value is -1.13. The third kappa shape index (κ3) is 3.98. The molecule has 0 radical (unpaired) electrons. The van der Waals surface area contributed by atoms with Crippen LogP contribution in [0.25, 0.3) is 0 Å². The molecule has 0 aliphatic carbocycles. The molecule has 5 heteroatoms. The minimum absolute atomic E-state index is 0.397. The zero-order valence-corrected chi connectivity index (χ0v) is 11.3. The number of ether oxygens (including phenoxy) is 2. The van der Waals surface area contributed by atoms with E-state index in [1.807, 2.05) is 0 Å². The normalized spacial score (nSPS) is 11.2. The molecule has 0 unspecified atom stereocenters. The quantitative estimate of drug-likeness (QED) is 0.853. The number of benzene rings is 1. The number of hydrogen-bond acceptors (Lipinski definition) is 4. The van der Waals surface area contributed by atoms with Crippen molar-refractivity contribution in [1.82, 2.24) is 0 Å². The van der Waals surface area contributed by atoms with Gasteiger partial charge in [-0.2, -0.15) is 0 Å². The molecule has 0 aliphatic rings. The first kappa shape index (κ1) is 13.9. The summed E-state index contributed by atoms with van der Waals surface area (Å²) in [5.74, 6) is 1.17. The van der Waals surface area contributed by atoms with Gasteiger partial charge in [-0.05, 0) is 13.8 Å². The highest BCUT2D eigenvalue weighted by molar-refractivity contribution is 6.32. The first-order valence-electron chi connectivity index (χ1n) is 5.25. The molecule has 0 fully saturated rings. The lowest BCUT2D eigenvalue weighted by Crippen LogP contribution is -2.29. The van der Waals surface area contributed by atoms with E-state index < -0.39 is 5.60 Å². The summed E-state index contributed by atoms with van der Waals surface area (Å²) in [6.07, 6.45) is 0. The zero-order valence-electron chi connectivity index (χ0n) is 10.5. The third-order valence-corrected chi connectivity index (χ3v) is 2.48. The van der Waals surface area contributed by atoms with E-state index >= 15 is 0 Å². The van der Waals surface area contributed by atoms with Crippen molar-refractivity contribution >= 4 is 17.3 Å². The van der Waals surface area contributed by atoms with Crippen molar-refractivity contribution in [2.24, 2.45) is 0 Å². The Bertz CT molecular complexity index is 388. The van der Waals surface area contributed by atoms with E-state index in [4.69, 9.17) is 21.1 Å². The van der Waals surface area contributed by atoms with Crippen LogP contribution in [-0.4, -0.2) is 31.5 Å². The van der Waals surface area contributed by atoms with Crippen molar-refractivity contribution in [3.05, 3.63) is 17.2 Å². The van der Waals surface area contributed by atoms with Gasteiger partial charge in [-0.1, -0.05) is 11.6 Å². The highest BCUT2D eigenvalue weighted by Gasteiger charge is 2.15. The average Bonchev–Trinajstić information content (AvgIpc) is 2.25. The fraction of sp³-hybridized carbons (Fsp3) is 0.500. The number of nitrogens with one attached hydrogen (secondary N) is 1. The summed E-state index contributed by atoms with van der Waals surface area (Å²) in [4.78, 5) is 0. The molecule has 0 spiro atoms. The van der Waals surface area contributed by atoms with Crippen LogP contribution in [0.5, 0.6) is 11.5 Å². The van der Waals surface area contributed by atoms with Gasteiger partial charge in [0.1, 0.15) is 11.5 Å². The number of anilines is 1. The summed E-state index contributed by atoms with van der Waals surface area (Å²) in [5.41, 5.74) is -0.0754. The van der Waals surface area contributed by atoms with E-state index in [0.29, 0.717) is 23.1 Å². The molecule has 0 heterocycles. The molecule has 0 bridgehead atoms. The monoisotopic (exact) mass is 259 g/mol. The molecule has 0 saturated carbocycles. The molecule has 0 atom stereocenters. The molecule has 4 nitrogen and oxygen atoms in total. The lowest BCUT2D eigenvalue weighted by atomic mass is 10.1. The molecule has 0 aliphatic heterocycles. The van der Waals surface area contributed by atoms with Gasteiger partial charge >= 0.3 is 0 Å². The molecule has 1 aromatic carbocycles. The maximum Gasteiger partial charge on any atom is 0.143 e. The first-order chi connectivity index (χ1) is 7.87. The number of aliphatic hydroxyl groups is 1. The highest BCUT2D eigenvalue weighted by Crippen LogP contribution is 2.35. The van der Waals surface area contributed by atoms with Crippen molar-refractivity contribution in [2.45, 2.75) is 19.4 Å². The van der Waals surface area contributed by atoms with Crippen molar-refractivity contribution < 1.29 is 14.6 Å². The zero-order chi connectivity index (χ0) is 13.1. The van der Waals surface area contributed by atoms with Crippen LogP contribution in [0.15, 0.2) is 12.1 Å². The largest absolute Gasteiger partial charge is 0.495 e. The Morgan fingerprint density at radius 3 is 2.29 bits per heavy atom. The van der Waals surface area contributed by atoms with Crippen LogP contribution in [0, 0.1) is 0 Å². The second kappa shape index (κ2) is 5.47.